The maximum Gasteiger partial charge on any atom is 0.254 e. The van der Waals surface area contributed by atoms with Crippen LogP contribution in [0.5, 0.6) is 0 Å². The Hall–Kier alpha value is -3.56. The molecule has 182 valence electrons. The molecule has 2 saturated heterocycles. The fourth-order valence-electron chi connectivity index (χ4n) is 4.61. The van der Waals surface area contributed by atoms with E-state index < -0.39 is 0 Å². The van der Waals surface area contributed by atoms with Gasteiger partial charge in [0.15, 0.2) is 5.82 Å². The van der Waals surface area contributed by atoms with Gasteiger partial charge >= 0.3 is 0 Å². The third-order valence-corrected chi connectivity index (χ3v) is 6.61. The van der Waals surface area contributed by atoms with Gasteiger partial charge in [-0.2, -0.15) is 4.98 Å². The van der Waals surface area contributed by atoms with Gasteiger partial charge in [-0.25, -0.2) is 0 Å². The van der Waals surface area contributed by atoms with Crippen molar-refractivity contribution in [3.05, 3.63) is 71.9 Å². The average molecular weight is 475 g/mol. The Balaban J connectivity index is 1.33. The second kappa shape index (κ2) is 10.4. The van der Waals surface area contributed by atoms with Gasteiger partial charge in [-0.3, -0.25) is 9.69 Å². The van der Waals surface area contributed by atoms with E-state index in [2.05, 4.69) is 44.3 Å². The van der Waals surface area contributed by atoms with Crippen LogP contribution in [0.2, 0.25) is 0 Å². The van der Waals surface area contributed by atoms with Crippen LogP contribution in [0.1, 0.15) is 34.5 Å². The normalized spacial score (nSPS) is 20.5. The summed E-state index contributed by atoms with van der Waals surface area (Å²) in [7, 11) is 3.64. The summed E-state index contributed by atoms with van der Waals surface area (Å²) in [5, 5.41) is 8.35. The van der Waals surface area contributed by atoms with Crippen molar-refractivity contribution in [3.8, 4) is 11.1 Å². The summed E-state index contributed by atoms with van der Waals surface area (Å²) in [6.45, 7) is 4.94. The number of likely N-dealkylation sites (tertiary alicyclic amines) is 1. The molecule has 0 N–H and O–H groups in total. The van der Waals surface area contributed by atoms with E-state index >= 15 is 0 Å². The highest BCUT2D eigenvalue weighted by Gasteiger charge is 2.38. The zero-order valence-electron chi connectivity index (χ0n) is 20.1. The minimum absolute atomic E-state index is 0.0960. The van der Waals surface area contributed by atoms with Crippen molar-refractivity contribution in [1.82, 2.24) is 24.8 Å². The first kappa shape index (κ1) is 23.2. The molecule has 1 unspecified atom stereocenters. The average Bonchev–Trinajstić information content (AvgIpc) is 3.53. The molecule has 0 radical (unpaired) electrons. The first-order chi connectivity index (χ1) is 17.1. The van der Waals surface area contributed by atoms with Gasteiger partial charge in [-0.1, -0.05) is 52.8 Å². The van der Waals surface area contributed by atoms with E-state index in [1.165, 1.54) is 7.11 Å². The fourth-order valence-corrected chi connectivity index (χ4v) is 4.61. The third-order valence-electron chi connectivity index (χ3n) is 6.61. The van der Waals surface area contributed by atoms with Gasteiger partial charge in [0.2, 0.25) is 5.89 Å². The van der Waals surface area contributed by atoms with Crippen LogP contribution in [0.25, 0.3) is 11.1 Å². The maximum atomic E-state index is 13.5. The summed E-state index contributed by atoms with van der Waals surface area (Å²) < 4.78 is 5.57. The van der Waals surface area contributed by atoms with Crippen LogP contribution in [-0.4, -0.2) is 83.3 Å². The predicted molar refractivity (Wildman–Crippen MR) is 132 cm³/mol. The zero-order chi connectivity index (χ0) is 24.2. The standard InChI is InChI=1S/C26H30N6O3/c1-30-12-14-31(15-13-30)18-24-27-25(29-35-24)23-16-22(28-34-2)17-32(23)26(33)21-10-8-20(9-11-21)19-6-4-3-5-7-19/h3-11,23H,12-18H2,1-2H3/b28-22+. The van der Waals surface area contributed by atoms with Crippen molar-refractivity contribution < 1.29 is 14.2 Å². The van der Waals surface area contributed by atoms with Crippen LogP contribution in [0.15, 0.2) is 64.3 Å². The molecule has 35 heavy (non-hydrogen) atoms. The van der Waals surface area contributed by atoms with Crippen molar-refractivity contribution in [2.24, 2.45) is 5.16 Å². The lowest BCUT2D eigenvalue weighted by Crippen LogP contribution is -2.43. The minimum Gasteiger partial charge on any atom is -0.399 e. The number of piperazine rings is 1. The first-order valence-corrected chi connectivity index (χ1v) is 11.9. The molecular weight excluding hydrogens is 444 g/mol. The summed E-state index contributed by atoms with van der Waals surface area (Å²) in [5.41, 5.74) is 3.56. The number of carbonyl (C=O) groups excluding carboxylic acids is 1. The Morgan fingerprint density at radius 1 is 1.06 bits per heavy atom. The molecule has 0 aliphatic carbocycles. The number of carbonyl (C=O) groups is 1. The van der Waals surface area contributed by atoms with Gasteiger partial charge < -0.3 is 19.2 Å². The number of amides is 1. The van der Waals surface area contributed by atoms with Gasteiger partial charge in [0.25, 0.3) is 5.91 Å². The molecule has 1 atom stereocenters. The summed E-state index contributed by atoms with van der Waals surface area (Å²) >= 11 is 0. The Bertz CT molecular complexity index is 1170. The molecule has 0 bridgehead atoms. The topological polar surface area (TPSA) is 87.3 Å². The molecule has 9 heteroatoms. The molecule has 9 nitrogen and oxygen atoms in total. The predicted octanol–water partition coefficient (Wildman–Crippen LogP) is 3.07. The largest absolute Gasteiger partial charge is 0.399 e. The molecule has 0 spiro atoms. The summed E-state index contributed by atoms with van der Waals surface area (Å²) in [6.07, 6.45) is 0.509. The van der Waals surface area contributed by atoms with Gasteiger partial charge in [0.1, 0.15) is 13.2 Å². The number of aromatic nitrogens is 2. The fraction of sp³-hybridized carbons (Fsp3) is 0.385. The van der Waals surface area contributed by atoms with Crippen molar-refractivity contribution in [1.29, 1.82) is 0 Å². The van der Waals surface area contributed by atoms with Crippen molar-refractivity contribution >= 4 is 11.6 Å². The second-order valence-corrected chi connectivity index (χ2v) is 9.06. The van der Waals surface area contributed by atoms with Gasteiger partial charge in [-0.05, 0) is 30.3 Å². The van der Waals surface area contributed by atoms with E-state index in [4.69, 9.17) is 9.36 Å². The summed E-state index contributed by atoms with van der Waals surface area (Å²) in [5.74, 6) is 0.979. The molecule has 1 aromatic heterocycles. The molecule has 3 heterocycles. The van der Waals surface area contributed by atoms with Crippen LogP contribution in [0, 0.1) is 0 Å². The second-order valence-electron chi connectivity index (χ2n) is 9.06. The van der Waals surface area contributed by atoms with Crippen molar-refractivity contribution in [2.45, 2.75) is 19.0 Å². The van der Waals surface area contributed by atoms with Gasteiger partial charge in [-0.15, -0.1) is 0 Å². The number of nitrogens with zero attached hydrogens (tertiary/aromatic N) is 6. The van der Waals surface area contributed by atoms with E-state index in [1.807, 2.05) is 42.5 Å². The molecule has 2 aliphatic heterocycles. The molecule has 5 rings (SSSR count). The van der Waals surface area contributed by atoms with Crippen LogP contribution >= 0.6 is 0 Å². The lowest BCUT2D eigenvalue weighted by atomic mass is 10.0. The van der Waals surface area contributed by atoms with Crippen molar-refractivity contribution in [2.75, 3.05) is 46.9 Å². The molecule has 2 fully saturated rings. The van der Waals surface area contributed by atoms with E-state index in [1.54, 1.807) is 4.90 Å². The Morgan fingerprint density at radius 2 is 1.77 bits per heavy atom. The highest BCUT2D eigenvalue weighted by Crippen LogP contribution is 2.31. The number of likely N-dealkylation sites (N-methyl/N-ethyl adjacent to an activating group) is 1. The lowest BCUT2D eigenvalue weighted by Gasteiger charge is -2.31. The van der Waals surface area contributed by atoms with Crippen LogP contribution in [0.3, 0.4) is 0 Å². The molecule has 3 aromatic rings. The van der Waals surface area contributed by atoms with E-state index in [9.17, 15) is 4.79 Å². The monoisotopic (exact) mass is 474 g/mol. The maximum absolute atomic E-state index is 13.5. The SMILES string of the molecule is CO/N=C1\CC(c2noc(CN3CCN(C)CC3)n2)N(C(=O)c2ccc(-c3ccccc3)cc2)C1. The number of hydrogen-bond donors (Lipinski definition) is 0. The van der Waals surface area contributed by atoms with Crippen LogP contribution in [-0.2, 0) is 11.4 Å². The highest BCUT2D eigenvalue weighted by molar-refractivity contribution is 6.00. The third kappa shape index (κ3) is 5.26. The van der Waals surface area contributed by atoms with E-state index in [0.717, 1.165) is 43.0 Å². The first-order valence-electron chi connectivity index (χ1n) is 11.9. The smallest absolute Gasteiger partial charge is 0.254 e. The molecule has 0 saturated carbocycles. The highest BCUT2D eigenvalue weighted by atomic mass is 16.6. The molecular formula is C26H30N6O3. The number of benzene rings is 2. The van der Waals surface area contributed by atoms with Crippen molar-refractivity contribution in [3.63, 3.8) is 0 Å². The van der Waals surface area contributed by atoms with E-state index in [0.29, 0.717) is 36.8 Å². The quantitative estimate of drug-likeness (QED) is 0.508. The van der Waals surface area contributed by atoms with E-state index in [-0.39, 0.29) is 11.9 Å². The number of rotatable bonds is 6. The Kier molecular flexibility index (Phi) is 6.87. The summed E-state index contributed by atoms with van der Waals surface area (Å²) in [6, 6.07) is 17.4. The number of hydrogen-bond acceptors (Lipinski definition) is 8. The molecule has 2 aliphatic rings. The number of oxime groups is 1. The van der Waals surface area contributed by atoms with Crippen LogP contribution < -0.4 is 0 Å². The van der Waals surface area contributed by atoms with Gasteiger partial charge in [0, 0.05) is 38.2 Å². The van der Waals surface area contributed by atoms with Crippen LogP contribution in [0.4, 0.5) is 0 Å². The molecule has 1 amide bonds. The Morgan fingerprint density at radius 3 is 2.49 bits per heavy atom. The lowest BCUT2D eigenvalue weighted by molar-refractivity contribution is 0.0732. The molecule has 2 aromatic carbocycles. The zero-order valence-corrected chi connectivity index (χ0v) is 20.1. The summed E-state index contributed by atoms with van der Waals surface area (Å²) in [4.78, 5) is 29.5. The van der Waals surface area contributed by atoms with Gasteiger partial charge in [0.05, 0.1) is 18.8 Å². The Labute approximate surface area is 205 Å². The minimum atomic E-state index is -0.352.